The van der Waals surface area contributed by atoms with E-state index in [-0.39, 0.29) is 17.4 Å². The van der Waals surface area contributed by atoms with Gasteiger partial charge in [0.15, 0.2) is 0 Å². The molecule has 0 spiro atoms. The van der Waals surface area contributed by atoms with Crippen molar-refractivity contribution < 1.29 is 17.4 Å². The molecule has 3 unspecified atom stereocenters. The standard InChI is InChI=1S/3C21H41.Cr/c3*1-7-20(6,8-2)17-19(18-15-13-12-14-16-18)21(9-3,10-4)11-5;/h3*18-19H,6-17H2,1-5H3;/q3*-1;+3. The van der Waals surface area contributed by atoms with Crippen molar-refractivity contribution in [2.24, 2.45) is 68.0 Å². The second-order valence-electron chi connectivity index (χ2n) is 23.5. The molecule has 381 valence electrons. The Morgan fingerprint density at radius 3 is 0.562 bits per heavy atom. The minimum atomic E-state index is 0. The molecular formula is C63H123Cr. The summed E-state index contributed by atoms with van der Waals surface area (Å²) < 4.78 is 0. The summed E-state index contributed by atoms with van der Waals surface area (Å²) in [5, 5.41) is 0. The first-order valence-corrected chi connectivity index (χ1v) is 29.6. The molecule has 0 bridgehead atoms. The van der Waals surface area contributed by atoms with E-state index in [0.29, 0.717) is 32.5 Å². The van der Waals surface area contributed by atoms with Crippen LogP contribution in [0.3, 0.4) is 0 Å². The molecule has 3 aliphatic rings. The van der Waals surface area contributed by atoms with Crippen LogP contribution < -0.4 is 0 Å². The molecule has 0 aliphatic heterocycles. The first kappa shape index (κ1) is 64.5. The van der Waals surface area contributed by atoms with Crippen LogP contribution in [-0.2, 0) is 17.4 Å². The van der Waals surface area contributed by atoms with E-state index in [1.165, 1.54) is 212 Å². The van der Waals surface area contributed by atoms with E-state index in [2.05, 4.69) is 125 Å². The third kappa shape index (κ3) is 18.0. The van der Waals surface area contributed by atoms with Crippen LogP contribution in [0.1, 0.15) is 316 Å². The molecule has 0 aromatic heterocycles. The van der Waals surface area contributed by atoms with Crippen molar-refractivity contribution >= 4 is 0 Å². The quantitative estimate of drug-likeness (QED) is 0.0720. The summed E-state index contributed by atoms with van der Waals surface area (Å²) in [5.41, 5.74) is 2.63. The van der Waals surface area contributed by atoms with Crippen LogP contribution in [-0.4, -0.2) is 0 Å². The Morgan fingerprint density at radius 2 is 0.438 bits per heavy atom. The zero-order valence-electron chi connectivity index (χ0n) is 47.3. The summed E-state index contributed by atoms with van der Waals surface area (Å²) in [6.45, 7) is 50.0. The van der Waals surface area contributed by atoms with Gasteiger partial charge in [0, 0.05) is 0 Å². The van der Waals surface area contributed by atoms with E-state index >= 15 is 0 Å². The van der Waals surface area contributed by atoms with Gasteiger partial charge in [-0.05, 0) is 51.8 Å². The normalized spacial score (nSPS) is 19.4. The number of hydrogen-bond donors (Lipinski definition) is 0. The molecule has 1 heteroatoms. The van der Waals surface area contributed by atoms with Gasteiger partial charge < -0.3 is 20.8 Å². The van der Waals surface area contributed by atoms with E-state index in [0.717, 1.165) is 35.5 Å². The van der Waals surface area contributed by atoms with Crippen LogP contribution in [0, 0.1) is 88.8 Å². The Kier molecular flexibility index (Phi) is 32.7. The largest absolute Gasteiger partial charge is 3.00 e. The minimum Gasteiger partial charge on any atom is -0.337 e. The van der Waals surface area contributed by atoms with Crippen molar-refractivity contribution in [2.75, 3.05) is 0 Å². The maximum Gasteiger partial charge on any atom is 3.00 e. The predicted octanol–water partition coefficient (Wildman–Crippen LogP) is 22.3. The molecule has 0 amide bonds. The average molecular weight is 933 g/mol. The second kappa shape index (κ2) is 32.4. The summed E-state index contributed by atoms with van der Waals surface area (Å²) in [6.07, 6.45) is 45.8. The Hall–Kier alpha value is 0.532. The van der Waals surface area contributed by atoms with Crippen molar-refractivity contribution in [1.82, 2.24) is 0 Å². The molecule has 3 saturated carbocycles. The monoisotopic (exact) mass is 932 g/mol. The molecular weight excluding hydrogens is 809 g/mol. The number of hydrogen-bond acceptors (Lipinski definition) is 0. The SMILES string of the molecule is [CH2-]C(CC)(CC)CC(C1CCCCC1)C(CC)(CC)CC.[CH2-]C(CC)(CC)CC(C1CCCCC1)C(CC)(CC)CC.[CH2-]C(CC)(CC)CC(C1CCCCC1)C(CC)(CC)CC.[Cr+3]. The van der Waals surface area contributed by atoms with Crippen LogP contribution >= 0.6 is 0 Å². The maximum atomic E-state index is 4.66. The van der Waals surface area contributed by atoms with Crippen molar-refractivity contribution in [2.45, 2.75) is 316 Å². The molecule has 1 radical (unpaired) electrons. The first-order chi connectivity index (χ1) is 30.0. The molecule has 0 aromatic rings. The van der Waals surface area contributed by atoms with Gasteiger partial charge in [0.05, 0.1) is 0 Å². The zero-order chi connectivity index (χ0) is 47.8. The van der Waals surface area contributed by atoms with Gasteiger partial charge in [0.2, 0.25) is 0 Å². The molecule has 0 N–H and O–H groups in total. The smallest absolute Gasteiger partial charge is 0.337 e. The van der Waals surface area contributed by atoms with Gasteiger partial charge in [0.25, 0.3) is 0 Å². The van der Waals surface area contributed by atoms with Crippen molar-refractivity contribution in [3.8, 4) is 0 Å². The average Bonchev–Trinajstić information content (AvgIpc) is 3.35. The summed E-state index contributed by atoms with van der Waals surface area (Å²) in [6, 6.07) is 0. The van der Waals surface area contributed by atoms with Gasteiger partial charge in [0.1, 0.15) is 0 Å². The molecule has 3 fully saturated rings. The molecule has 3 atom stereocenters. The van der Waals surface area contributed by atoms with E-state index in [1.54, 1.807) is 0 Å². The molecule has 0 nitrogen and oxygen atoms in total. The van der Waals surface area contributed by atoms with Crippen LogP contribution in [0.25, 0.3) is 0 Å². The minimum absolute atomic E-state index is 0. The van der Waals surface area contributed by atoms with Crippen LogP contribution in [0.2, 0.25) is 0 Å². The van der Waals surface area contributed by atoms with E-state index in [1.807, 2.05) is 0 Å². The summed E-state index contributed by atoms with van der Waals surface area (Å²) >= 11 is 0. The van der Waals surface area contributed by atoms with Gasteiger partial charge in [-0.3, -0.25) is 0 Å². The van der Waals surface area contributed by atoms with Crippen LogP contribution in [0.4, 0.5) is 0 Å². The number of rotatable bonds is 27. The Morgan fingerprint density at radius 1 is 0.281 bits per heavy atom. The molecule has 0 aromatic carbocycles. The summed E-state index contributed by atoms with van der Waals surface area (Å²) in [4.78, 5) is 0. The molecule has 64 heavy (non-hydrogen) atoms. The first-order valence-electron chi connectivity index (χ1n) is 29.6. The Balaban J connectivity index is 0.000000923. The Labute approximate surface area is 419 Å². The van der Waals surface area contributed by atoms with Crippen LogP contribution in [0.15, 0.2) is 0 Å². The van der Waals surface area contributed by atoms with E-state index in [9.17, 15) is 0 Å². The van der Waals surface area contributed by atoms with Crippen molar-refractivity contribution in [3.05, 3.63) is 20.8 Å². The Bertz CT molecular complexity index is 912. The van der Waals surface area contributed by atoms with Crippen molar-refractivity contribution in [1.29, 1.82) is 0 Å². The van der Waals surface area contributed by atoms with Gasteiger partial charge >= 0.3 is 17.4 Å². The molecule has 3 rings (SSSR count). The fourth-order valence-corrected chi connectivity index (χ4v) is 14.9. The molecule has 3 aliphatic carbocycles. The van der Waals surface area contributed by atoms with Crippen molar-refractivity contribution in [3.63, 3.8) is 0 Å². The van der Waals surface area contributed by atoms with Gasteiger partial charge in [-0.15, -0.1) is 0 Å². The zero-order valence-corrected chi connectivity index (χ0v) is 48.6. The predicted molar refractivity (Wildman–Crippen MR) is 289 cm³/mol. The summed E-state index contributed by atoms with van der Waals surface area (Å²) in [7, 11) is 0. The second-order valence-corrected chi connectivity index (χ2v) is 23.5. The molecule has 0 heterocycles. The van der Waals surface area contributed by atoms with Gasteiger partial charge in [-0.1, -0.05) is 316 Å². The van der Waals surface area contributed by atoms with Gasteiger partial charge in [-0.2, -0.15) is 16.2 Å². The van der Waals surface area contributed by atoms with Gasteiger partial charge in [-0.25, -0.2) is 0 Å². The van der Waals surface area contributed by atoms with Crippen LogP contribution in [0.5, 0.6) is 0 Å². The third-order valence-electron chi connectivity index (χ3n) is 21.8. The molecule has 0 saturated heterocycles. The fourth-order valence-electron chi connectivity index (χ4n) is 14.9. The fraction of sp³-hybridized carbons (Fsp3) is 0.952. The topological polar surface area (TPSA) is 0 Å². The summed E-state index contributed by atoms with van der Waals surface area (Å²) in [5.74, 6) is 5.61. The van der Waals surface area contributed by atoms with E-state index < -0.39 is 0 Å². The maximum absolute atomic E-state index is 4.66. The van der Waals surface area contributed by atoms with E-state index in [4.69, 9.17) is 0 Å². The third-order valence-corrected chi connectivity index (χ3v) is 21.8.